The highest BCUT2D eigenvalue weighted by atomic mass is 19.1. The molecule has 0 saturated heterocycles. The molecular weight excluding hydrogens is 275 g/mol. The fourth-order valence-corrected chi connectivity index (χ4v) is 2.54. The van der Waals surface area contributed by atoms with Gasteiger partial charge in [0.2, 0.25) is 5.91 Å². The summed E-state index contributed by atoms with van der Waals surface area (Å²) in [6.45, 7) is 0.0940. The Hall–Kier alpha value is -1.95. The van der Waals surface area contributed by atoms with E-state index in [1.54, 1.807) is 12.1 Å². The minimum atomic E-state index is -0.745. The van der Waals surface area contributed by atoms with Gasteiger partial charge in [0.15, 0.2) is 0 Å². The number of amides is 1. The molecule has 6 heteroatoms. The number of anilines is 1. The zero-order chi connectivity index (χ0) is 15.2. The van der Waals surface area contributed by atoms with Crippen molar-refractivity contribution in [2.75, 3.05) is 11.9 Å². The largest absolute Gasteiger partial charge is 0.481 e. The topological polar surface area (TPSA) is 78.4 Å². The van der Waals surface area contributed by atoms with Crippen LogP contribution in [0.3, 0.4) is 0 Å². The van der Waals surface area contributed by atoms with Crippen molar-refractivity contribution in [3.05, 3.63) is 30.1 Å². The maximum Gasteiger partial charge on any atom is 0.306 e. The van der Waals surface area contributed by atoms with Crippen LogP contribution >= 0.6 is 0 Å². The van der Waals surface area contributed by atoms with Crippen molar-refractivity contribution in [2.45, 2.75) is 31.7 Å². The van der Waals surface area contributed by atoms with Crippen molar-refractivity contribution in [1.29, 1.82) is 0 Å². The van der Waals surface area contributed by atoms with E-state index in [0.717, 1.165) is 12.8 Å². The van der Waals surface area contributed by atoms with E-state index >= 15 is 0 Å². The number of rotatable bonds is 5. The van der Waals surface area contributed by atoms with Gasteiger partial charge in [0.05, 0.1) is 18.2 Å². The molecule has 2 rings (SSSR count). The van der Waals surface area contributed by atoms with Crippen LogP contribution < -0.4 is 10.6 Å². The Kier molecular flexibility index (Phi) is 5.27. The van der Waals surface area contributed by atoms with Gasteiger partial charge in [-0.2, -0.15) is 0 Å². The number of nitrogens with one attached hydrogen (secondary N) is 2. The normalized spacial score (nSPS) is 21.8. The number of benzene rings is 1. The predicted molar refractivity (Wildman–Crippen MR) is 76.4 cm³/mol. The number of aliphatic carboxylic acids is 1. The second-order valence-corrected chi connectivity index (χ2v) is 5.30. The molecule has 1 aromatic rings. The first-order valence-electron chi connectivity index (χ1n) is 7.07. The Morgan fingerprint density at radius 1 is 1.19 bits per heavy atom. The van der Waals surface area contributed by atoms with Crippen LogP contribution in [0, 0.1) is 11.7 Å². The number of carboxylic acids is 1. The summed E-state index contributed by atoms with van der Waals surface area (Å²) in [4.78, 5) is 22.6. The number of para-hydroxylation sites is 1. The highest BCUT2D eigenvalue weighted by Crippen LogP contribution is 2.24. The van der Waals surface area contributed by atoms with Crippen molar-refractivity contribution in [1.82, 2.24) is 5.32 Å². The first kappa shape index (κ1) is 15.4. The lowest BCUT2D eigenvalue weighted by atomic mass is 9.86. The van der Waals surface area contributed by atoms with E-state index in [1.165, 1.54) is 12.1 Å². The SMILES string of the molecule is O=C(CNC1CCC(C(=O)O)CC1)Nc1ccccc1F. The summed E-state index contributed by atoms with van der Waals surface area (Å²) >= 11 is 0. The number of halogens is 1. The molecular formula is C15H19FN2O3. The molecule has 0 aromatic heterocycles. The quantitative estimate of drug-likeness (QED) is 0.776. The van der Waals surface area contributed by atoms with Gasteiger partial charge < -0.3 is 15.7 Å². The summed E-state index contributed by atoms with van der Waals surface area (Å²) in [5, 5.41) is 14.5. The summed E-state index contributed by atoms with van der Waals surface area (Å²) in [6, 6.07) is 6.15. The van der Waals surface area contributed by atoms with Crippen LogP contribution in [0.5, 0.6) is 0 Å². The molecule has 114 valence electrons. The van der Waals surface area contributed by atoms with E-state index in [9.17, 15) is 14.0 Å². The van der Waals surface area contributed by atoms with Crippen LogP contribution in [0.25, 0.3) is 0 Å². The average molecular weight is 294 g/mol. The van der Waals surface area contributed by atoms with E-state index in [2.05, 4.69) is 10.6 Å². The maximum atomic E-state index is 13.4. The molecule has 5 nitrogen and oxygen atoms in total. The van der Waals surface area contributed by atoms with Crippen LogP contribution in [0.1, 0.15) is 25.7 Å². The van der Waals surface area contributed by atoms with Gasteiger partial charge in [-0.25, -0.2) is 4.39 Å². The zero-order valence-corrected chi connectivity index (χ0v) is 11.6. The van der Waals surface area contributed by atoms with Gasteiger partial charge in [0.25, 0.3) is 0 Å². The lowest BCUT2D eigenvalue weighted by Crippen LogP contribution is -2.39. The minimum absolute atomic E-state index is 0.0940. The molecule has 3 N–H and O–H groups in total. The number of carboxylic acid groups (broad SMARTS) is 1. The first-order chi connectivity index (χ1) is 10.1. The van der Waals surface area contributed by atoms with Crippen LogP contribution in [0.2, 0.25) is 0 Å². The van der Waals surface area contributed by atoms with E-state index in [1.807, 2.05) is 0 Å². The third-order valence-electron chi connectivity index (χ3n) is 3.78. The maximum absolute atomic E-state index is 13.4. The van der Waals surface area contributed by atoms with Gasteiger partial charge in [-0.05, 0) is 37.8 Å². The fourth-order valence-electron chi connectivity index (χ4n) is 2.54. The third-order valence-corrected chi connectivity index (χ3v) is 3.78. The van der Waals surface area contributed by atoms with Crippen molar-refractivity contribution >= 4 is 17.6 Å². The Labute approximate surface area is 122 Å². The van der Waals surface area contributed by atoms with E-state index in [4.69, 9.17) is 5.11 Å². The highest BCUT2D eigenvalue weighted by molar-refractivity contribution is 5.92. The van der Waals surface area contributed by atoms with Crippen molar-refractivity contribution in [3.8, 4) is 0 Å². The summed E-state index contributed by atoms with van der Waals surface area (Å²) in [5.74, 6) is -1.78. The minimum Gasteiger partial charge on any atom is -0.481 e. The number of hydrogen-bond donors (Lipinski definition) is 3. The molecule has 0 unspecified atom stereocenters. The Bertz CT molecular complexity index is 513. The van der Waals surface area contributed by atoms with Gasteiger partial charge in [0, 0.05) is 6.04 Å². The van der Waals surface area contributed by atoms with E-state index < -0.39 is 11.8 Å². The van der Waals surface area contributed by atoms with Crippen LogP contribution in [-0.2, 0) is 9.59 Å². The summed E-state index contributed by atoms with van der Waals surface area (Å²) < 4.78 is 13.4. The van der Waals surface area contributed by atoms with Gasteiger partial charge >= 0.3 is 5.97 Å². The molecule has 1 fully saturated rings. The van der Waals surface area contributed by atoms with E-state index in [0.29, 0.717) is 12.8 Å². The molecule has 1 aliphatic carbocycles. The number of carbonyl (C=O) groups is 2. The predicted octanol–water partition coefficient (Wildman–Crippen LogP) is 2.00. The van der Waals surface area contributed by atoms with Gasteiger partial charge in [-0.1, -0.05) is 12.1 Å². The lowest BCUT2D eigenvalue weighted by molar-refractivity contribution is -0.143. The summed E-state index contributed by atoms with van der Waals surface area (Å²) in [6.07, 6.45) is 2.73. The molecule has 0 atom stereocenters. The van der Waals surface area contributed by atoms with Crippen LogP contribution in [-0.4, -0.2) is 29.6 Å². The molecule has 0 heterocycles. The van der Waals surface area contributed by atoms with E-state index in [-0.39, 0.29) is 30.1 Å². The van der Waals surface area contributed by atoms with Crippen molar-refractivity contribution in [3.63, 3.8) is 0 Å². The number of carbonyl (C=O) groups excluding carboxylic acids is 1. The molecule has 1 amide bonds. The third kappa shape index (κ3) is 4.53. The molecule has 0 aliphatic heterocycles. The Balaban J connectivity index is 1.73. The second kappa shape index (κ2) is 7.17. The standard InChI is InChI=1S/C15H19FN2O3/c16-12-3-1-2-4-13(12)18-14(19)9-17-11-7-5-10(6-8-11)15(20)21/h1-4,10-11,17H,5-9H2,(H,18,19)(H,20,21). The monoisotopic (exact) mass is 294 g/mol. The van der Waals surface area contributed by atoms with Crippen LogP contribution in [0.4, 0.5) is 10.1 Å². The van der Waals surface area contributed by atoms with Gasteiger partial charge in [-0.15, -0.1) is 0 Å². The second-order valence-electron chi connectivity index (χ2n) is 5.30. The molecule has 1 aromatic carbocycles. The Morgan fingerprint density at radius 2 is 1.86 bits per heavy atom. The first-order valence-corrected chi connectivity index (χ1v) is 7.07. The fraction of sp³-hybridized carbons (Fsp3) is 0.467. The average Bonchev–Trinajstić information content (AvgIpc) is 2.48. The summed E-state index contributed by atoms with van der Waals surface area (Å²) in [7, 11) is 0. The number of hydrogen-bond acceptors (Lipinski definition) is 3. The zero-order valence-electron chi connectivity index (χ0n) is 11.6. The van der Waals surface area contributed by atoms with Crippen molar-refractivity contribution in [2.24, 2.45) is 5.92 Å². The Morgan fingerprint density at radius 3 is 2.48 bits per heavy atom. The molecule has 21 heavy (non-hydrogen) atoms. The van der Waals surface area contributed by atoms with Gasteiger partial charge in [0.1, 0.15) is 5.82 Å². The lowest BCUT2D eigenvalue weighted by Gasteiger charge is -2.26. The van der Waals surface area contributed by atoms with Crippen LogP contribution in [0.15, 0.2) is 24.3 Å². The smallest absolute Gasteiger partial charge is 0.306 e. The molecule has 1 saturated carbocycles. The molecule has 0 spiro atoms. The van der Waals surface area contributed by atoms with Gasteiger partial charge in [-0.3, -0.25) is 9.59 Å². The molecule has 0 radical (unpaired) electrons. The molecule has 0 bridgehead atoms. The van der Waals surface area contributed by atoms with Crippen molar-refractivity contribution < 1.29 is 19.1 Å². The molecule has 1 aliphatic rings. The highest BCUT2D eigenvalue weighted by Gasteiger charge is 2.25. The summed E-state index contributed by atoms with van der Waals surface area (Å²) in [5.41, 5.74) is 0.166.